The molecule has 0 saturated heterocycles. The van der Waals surface area contributed by atoms with E-state index in [2.05, 4.69) is 12.2 Å². The highest BCUT2D eigenvalue weighted by molar-refractivity contribution is 5.57. The predicted molar refractivity (Wildman–Crippen MR) is 66.2 cm³/mol. The summed E-state index contributed by atoms with van der Waals surface area (Å²) in [5.74, 6) is 0.445. The summed E-state index contributed by atoms with van der Waals surface area (Å²) in [6.07, 6.45) is 4.70. The van der Waals surface area contributed by atoms with Gasteiger partial charge >= 0.3 is 0 Å². The van der Waals surface area contributed by atoms with Gasteiger partial charge in [-0.3, -0.25) is 0 Å². The molecule has 0 aromatic heterocycles. The van der Waals surface area contributed by atoms with Crippen LogP contribution in [0.4, 0.5) is 10.1 Å². The van der Waals surface area contributed by atoms with E-state index in [0.29, 0.717) is 11.6 Å². The molecule has 0 radical (unpaired) electrons. The maximum Gasteiger partial charge on any atom is 0.124 e. The standard InChI is InChI=1S/C14H17FN2/c1-10-2-5-13(6-3-10)17-14-7-4-12(15)8-11(14)9-16/h4,7-8,10,13,17H,2-3,5-6H2,1H3. The van der Waals surface area contributed by atoms with Crippen molar-refractivity contribution in [2.45, 2.75) is 38.6 Å². The summed E-state index contributed by atoms with van der Waals surface area (Å²) in [7, 11) is 0. The molecule has 0 atom stereocenters. The SMILES string of the molecule is CC1CCC(Nc2ccc(F)cc2C#N)CC1. The summed E-state index contributed by atoms with van der Waals surface area (Å²) >= 11 is 0. The van der Waals surface area contributed by atoms with Crippen LogP contribution in [0.1, 0.15) is 38.2 Å². The quantitative estimate of drug-likeness (QED) is 0.844. The summed E-state index contributed by atoms with van der Waals surface area (Å²) < 4.78 is 13.0. The summed E-state index contributed by atoms with van der Waals surface area (Å²) in [6, 6.07) is 6.79. The second-order valence-electron chi connectivity index (χ2n) is 4.90. The Kier molecular flexibility index (Phi) is 3.63. The highest BCUT2D eigenvalue weighted by atomic mass is 19.1. The summed E-state index contributed by atoms with van der Waals surface area (Å²) in [5.41, 5.74) is 1.15. The molecule has 0 unspecified atom stereocenters. The van der Waals surface area contributed by atoms with Gasteiger partial charge in [-0.05, 0) is 49.8 Å². The Bertz CT molecular complexity index is 428. The number of benzene rings is 1. The van der Waals surface area contributed by atoms with Crippen LogP contribution in [0.5, 0.6) is 0 Å². The Balaban J connectivity index is 2.06. The molecule has 1 fully saturated rings. The van der Waals surface area contributed by atoms with Gasteiger partial charge in [0.2, 0.25) is 0 Å². The van der Waals surface area contributed by atoms with Crippen molar-refractivity contribution in [1.82, 2.24) is 0 Å². The van der Waals surface area contributed by atoms with E-state index in [1.165, 1.54) is 25.0 Å². The molecule has 0 bridgehead atoms. The van der Waals surface area contributed by atoms with Crippen LogP contribution < -0.4 is 5.32 Å². The van der Waals surface area contributed by atoms with Gasteiger partial charge < -0.3 is 5.32 Å². The van der Waals surface area contributed by atoms with E-state index >= 15 is 0 Å². The minimum absolute atomic E-state index is 0.357. The molecule has 90 valence electrons. The Morgan fingerprint density at radius 2 is 2.00 bits per heavy atom. The second kappa shape index (κ2) is 5.18. The zero-order valence-electron chi connectivity index (χ0n) is 10.0. The van der Waals surface area contributed by atoms with Gasteiger partial charge in [-0.15, -0.1) is 0 Å². The fourth-order valence-corrected chi connectivity index (χ4v) is 2.36. The molecule has 1 aromatic carbocycles. The number of anilines is 1. The minimum Gasteiger partial charge on any atom is -0.381 e. The van der Waals surface area contributed by atoms with E-state index in [9.17, 15) is 4.39 Å². The predicted octanol–water partition coefficient (Wildman–Crippen LogP) is 3.69. The zero-order chi connectivity index (χ0) is 12.3. The fourth-order valence-electron chi connectivity index (χ4n) is 2.36. The van der Waals surface area contributed by atoms with E-state index in [0.717, 1.165) is 24.4 Å². The zero-order valence-corrected chi connectivity index (χ0v) is 10.0. The Morgan fingerprint density at radius 3 is 2.65 bits per heavy atom. The maximum atomic E-state index is 13.0. The lowest BCUT2D eigenvalue weighted by molar-refractivity contribution is 0.361. The van der Waals surface area contributed by atoms with Crippen LogP contribution in [0.2, 0.25) is 0 Å². The molecule has 1 saturated carbocycles. The van der Waals surface area contributed by atoms with Crippen LogP contribution in [-0.4, -0.2) is 6.04 Å². The maximum absolute atomic E-state index is 13.0. The van der Waals surface area contributed by atoms with Gasteiger partial charge in [-0.1, -0.05) is 6.92 Å². The third-order valence-electron chi connectivity index (χ3n) is 3.48. The first-order chi connectivity index (χ1) is 8.19. The molecule has 0 amide bonds. The molecule has 2 nitrogen and oxygen atoms in total. The van der Waals surface area contributed by atoms with Crippen molar-refractivity contribution in [3.05, 3.63) is 29.6 Å². The van der Waals surface area contributed by atoms with Crippen molar-refractivity contribution in [3.63, 3.8) is 0 Å². The van der Waals surface area contributed by atoms with Gasteiger partial charge in [0.15, 0.2) is 0 Å². The van der Waals surface area contributed by atoms with Crippen LogP contribution in [0.3, 0.4) is 0 Å². The minimum atomic E-state index is -0.357. The first kappa shape index (κ1) is 11.9. The average molecular weight is 232 g/mol. The normalized spacial score (nSPS) is 24.1. The Hall–Kier alpha value is -1.56. The molecular formula is C14H17FN2. The van der Waals surface area contributed by atoms with Crippen LogP contribution in [0, 0.1) is 23.1 Å². The van der Waals surface area contributed by atoms with Crippen molar-refractivity contribution >= 4 is 5.69 Å². The van der Waals surface area contributed by atoms with Crippen molar-refractivity contribution < 1.29 is 4.39 Å². The van der Waals surface area contributed by atoms with Gasteiger partial charge in [0.1, 0.15) is 11.9 Å². The molecule has 0 aliphatic heterocycles. The second-order valence-corrected chi connectivity index (χ2v) is 4.90. The lowest BCUT2D eigenvalue weighted by Gasteiger charge is -2.28. The van der Waals surface area contributed by atoms with Crippen LogP contribution in [0.25, 0.3) is 0 Å². The average Bonchev–Trinajstić information content (AvgIpc) is 2.34. The number of nitriles is 1. The van der Waals surface area contributed by atoms with Crippen LogP contribution in [0.15, 0.2) is 18.2 Å². The third-order valence-corrected chi connectivity index (χ3v) is 3.48. The van der Waals surface area contributed by atoms with Crippen LogP contribution in [-0.2, 0) is 0 Å². The van der Waals surface area contributed by atoms with Crippen molar-refractivity contribution in [2.75, 3.05) is 5.32 Å². The van der Waals surface area contributed by atoms with E-state index in [1.54, 1.807) is 6.07 Å². The molecule has 17 heavy (non-hydrogen) atoms. The molecule has 1 aliphatic rings. The van der Waals surface area contributed by atoms with Gasteiger partial charge in [0.25, 0.3) is 0 Å². The number of nitrogens with one attached hydrogen (secondary N) is 1. The lowest BCUT2D eigenvalue weighted by Crippen LogP contribution is -2.25. The molecule has 1 N–H and O–H groups in total. The monoisotopic (exact) mass is 232 g/mol. The van der Waals surface area contributed by atoms with Crippen LogP contribution >= 0.6 is 0 Å². The van der Waals surface area contributed by atoms with Crippen molar-refractivity contribution in [1.29, 1.82) is 5.26 Å². The molecule has 2 rings (SSSR count). The fraction of sp³-hybridized carbons (Fsp3) is 0.500. The molecule has 1 aromatic rings. The highest BCUT2D eigenvalue weighted by Crippen LogP contribution is 2.27. The molecule has 0 spiro atoms. The smallest absolute Gasteiger partial charge is 0.124 e. The Labute approximate surface area is 101 Å². The lowest BCUT2D eigenvalue weighted by atomic mass is 9.87. The summed E-state index contributed by atoms with van der Waals surface area (Å²) in [6.45, 7) is 2.27. The van der Waals surface area contributed by atoms with E-state index in [4.69, 9.17) is 5.26 Å². The van der Waals surface area contributed by atoms with E-state index in [1.807, 2.05) is 6.07 Å². The number of rotatable bonds is 2. The first-order valence-corrected chi connectivity index (χ1v) is 6.15. The van der Waals surface area contributed by atoms with E-state index < -0.39 is 0 Å². The van der Waals surface area contributed by atoms with Gasteiger partial charge in [0.05, 0.1) is 11.3 Å². The summed E-state index contributed by atoms with van der Waals surface area (Å²) in [4.78, 5) is 0. The Morgan fingerprint density at radius 1 is 1.29 bits per heavy atom. The molecule has 1 aliphatic carbocycles. The largest absolute Gasteiger partial charge is 0.381 e. The number of halogens is 1. The van der Waals surface area contributed by atoms with Gasteiger partial charge in [0, 0.05) is 6.04 Å². The number of hydrogen-bond acceptors (Lipinski definition) is 2. The summed E-state index contributed by atoms with van der Waals surface area (Å²) in [5, 5.41) is 12.3. The van der Waals surface area contributed by atoms with Crippen molar-refractivity contribution in [2.24, 2.45) is 5.92 Å². The topological polar surface area (TPSA) is 35.8 Å². The van der Waals surface area contributed by atoms with Gasteiger partial charge in [-0.25, -0.2) is 4.39 Å². The first-order valence-electron chi connectivity index (χ1n) is 6.15. The third kappa shape index (κ3) is 2.97. The highest BCUT2D eigenvalue weighted by Gasteiger charge is 2.18. The molecule has 3 heteroatoms. The number of nitrogens with zero attached hydrogens (tertiary/aromatic N) is 1. The van der Waals surface area contributed by atoms with Crippen molar-refractivity contribution in [3.8, 4) is 6.07 Å². The molecular weight excluding hydrogens is 215 g/mol. The van der Waals surface area contributed by atoms with E-state index in [-0.39, 0.29) is 5.82 Å². The molecule has 0 heterocycles. The van der Waals surface area contributed by atoms with Gasteiger partial charge in [-0.2, -0.15) is 5.26 Å². The number of hydrogen-bond donors (Lipinski definition) is 1.